The van der Waals surface area contributed by atoms with Crippen molar-refractivity contribution in [2.24, 2.45) is 0 Å². The monoisotopic (exact) mass is 331 g/mol. The molecule has 1 aliphatic rings. The lowest BCUT2D eigenvalue weighted by Crippen LogP contribution is -2.41. The number of hydrogen-bond donors (Lipinski definition) is 0. The Morgan fingerprint density at radius 2 is 1.78 bits per heavy atom. The van der Waals surface area contributed by atoms with Gasteiger partial charge in [-0.3, -0.25) is 0 Å². The first kappa shape index (κ1) is 18.1. The highest BCUT2D eigenvalue weighted by Gasteiger charge is 2.52. The van der Waals surface area contributed by atoms with Gasteiger partial charge < -0.3 is 14.0 Å². The van der Waals surface area contributed by atoms with Gasteiger partial charge in [-0.2, -0.15) is 0 Å². The lowest BCUT2D eigenvalue weighted by atomic mass is 9.80. The molecule has 0 atom stereocenters. The van der Waals surface area contributed by atoms with Crippen molar-refractivity contribution in [3.05, 3.63) is 18.1 Å². The Balaban J connectivity index is 2.12. The number of halogens is 3. The molecule has 1 aromatic heterocycles. The Labute approximate surface area is 134 Å². The highest BCUT2D eigenvalue weighted by atomic mass is 19.3. The van der Waals surface area contributed by atoms with E-state index in [9.17, 15) is 13.2 Å². The van der Waals surface area contributed by atoms with E-state index in [1.807, 2.05) is 27.7 Å². The van der Waals surface area contributed by atoms with Gasteiger partial charge in [0.15, 0.2) is 12.4 Å². The van der Waals surface area contributed by atoms with Crippen LogP contribution in [-0.4, -0.2) is 35.8 Å². The summed E-state index contributed by atoms with van der Waals surface area (Å²) < 4.78 is 56.7. The van der Waals surface area contributed by atoms with Crippen molar-refractivity contribution >= 4 is 12.6 Å². The molecular formula is C15H21BF3NO3. The van der Waals surface area contributed by atoms with Gasteiger partial charge in [-0.1, -0.05) is 6.92 Å². The molecule has 128 valence electrons. The average Bonchev–Trinajstić information content (AvgIpc) is 2.66. The second kappa shape index (κ2) is 5.98. The van der Waals surface area contributed by atoms with Crippen LogP contribution in [0.15, 0.2) is 12.3 Å². The molecule has 0 unspecified atom stereocenters. The molecule has 1 aliphatic heterocycles. The zero-order valence-corrected chi connectivity index (χ0v) is 14.0. The molecule has 0 aliphatic carbocycles. The highest BCUT2D eigenvalue weighted by molar-refractivity contribution is 6.62. The van der Waals surface area contributed by atoms with Crippen molar-refractivity contribution in [1.82, 2.24) is 4.98 Å². The average molecular weight is 331 g/mol. The van der Waals surface area contributed by atoms with Crippen LogP contribution in [0.1, 0.15) is 41.0 Å². The molecule has 2 rings (SSSR count). The van der Waals surface area contributed by atoms with Crippen LogP contribution in [0.5, 0.6) is 5.88 Å². The minimum atomic E-state index is -3.02. The third-order valence-electron chi connectivity index (χ3n) is 4.29. The Kier molecular flexibility index (Phi) is 4.70. The Hall–Kier alpha value is -1.28. The van der Waals surface area contributed by atoms with E-state index in [-0.39, 0.29) is 6.42 Å². The Morgan fingerprint density at radius 3 is 2.26 bits per heavy atom. The van der Waals surface area contributed by atoms with E-state index in [4.69, 9.17) is 14.0 Å². The van der Waals surface area contributed by atoms with Gasteiger partial charge in [0.25, 0.3) is 11.8 Å². The molecule has 0 radical (unpaired) electrons. The predicted molar refractivity (Wildman–Crippen MR) is 80.6 cm³/mol. The van der Waals surface area contributed by atoms with Crippen LogP contribution in [0.2, 0.25) is 0 Å². The van der Waals surface area contributed by atoms with Gasteiger partial charge in [-0.15, -0.1) is 0 Å². The van der Waals surface area contributed by atoms with E-state index in [1.165, 1.54) is 13.1 Å². The van der Waals surface area contributed by atoms with E-state index in [1.54, 1.807) is 0 Å². The van der Waals surface area contributed by atoms with Crippen molar-refractivity contribution in [3.8, 4) is 5.88 Å². The third kappa shape index (κ3) is 3.80. The maximum absolute atomic E-state index is 14.0. The second-order valence-electron chi connectivity index (χ2n) is 6.64. The van der Waals surface area contributed by atoms with Gasteiger partial charge in [-0.25, -0.2) is 18.2 Å². The van der Waals surface area contributed by atoms with E-state index in [0.717, 1.165) is 6.07 Å². The molecule has 0 bridgehead atoms. The fourth-order valence-corrected chi connectivity index (χ4v) is 1.93. The first-order chi connectivity index (χ1) is 10.5. The minimum Gasteiger partial charge on any atom is -0.469 e. The zero-order chi connectivity index (χ0) is 17.5. The number of pyridine rings is 1. The zero-order valence-electron chi connectivity index (χ0n) is 14.0. The van der Waals surface area contributed by atoms with Crippen LogP contribution in [0.4, 0.5) is 13.2 Å². The van der Waals surface area contributed by atoms with Crippen molar-refractivity contribution in [3.63, 3.8) is 0 Å². The first-order valence-electron chi connectivity index (χ1n) is 7.49. The molecule has 0 N–H and O–H groups in total. The van der Waals surface area contributed by atoms with Gasteiger partial charge in [0.1, 0.15) is 0 Å². The van der Waals surface area contributed by atoms with Gasteiger partial charge in [0.2, 0.25) is 0 Å². The number of ether oxygens (including phenoxy) is 1. The summed E-state index contributed by atoms with van der Waals surface area (Å²) in [5.41, 5.74) is -0.755. The first-order valence-corrected chi connectivity index (χ1v) is 7.49. The largest absolute Gasteiger partial charge is 0.496 e. The van der Waals surface area contributed by atoms with Crippen LogP contribution in [0.3, 0.4) is 0 Å². The van der Waals surface area contributed by atoms with Crippen molar-refractivity contribution in [2.75, 3.05) is 6.61 Å². The summed E-state index contributed by atoms with van der Waals surface area (Å²) in [7, 11) is -0.770. The van der Waals surface area contributed by atoms with Crippen molar-refractivity contribution in [1.29, 1.82) is 0 Å². The molecule has 0 saturated carbocycles. The summed E-state index contributed by atoms with van der Waals surface area (Å²) in [4.78, 5) is 3.77. The Morgan fingerprint density at radius 1 is 1.22 bits per heavy atom. The molecule has 1 saturated heterocycles. The van der Waals surface area contributed by atoms with Crippen molar-refractivity contribution in [2.45, 2.75) is 58.2 Å². The molecule has 0 spiro atoms. The summed E-state index contributed by atoms with van der Waals surface area (Å²) >= 11 is 0. The van der Waals surface area contributed by atoms with Gasteiger partial charge in [0, 0.05) is 18.1 Å². The van der Waals surface area contributed by atoms with Crippen molar-refractivity contribution < 1.29 is 27.2 Å². The molecule has 0 amide bonds. The number of nitrogens with zero attached hydrogens (tertiary/aromatic N) is 1. The minimum absolute atomic E-state index is 0.371. The Bertz CT molecular complexity index is 565. The molecule has 2 heterocycles. The van der Waals surface area contributed by atoms with E-state index in [2.05, 4.69) is 4.98 Å². The lowest BCUT2D eigenvalue weighted by Gasteiger charge is -2.32. The molecule has 1 aromatic rings. The fraction of sp³-hybridized carbons (Fsp3) is 0.667. The molecule has 0 aromatic carbocycles. The van der Waals surface area contributed by atoms with Crippen LogP contribution in [-0.2, 0) is 9.31 Å². The molecule has 4 nitrogen and oxygen atoms in total. The lowest BCUT2D eigenvalue weighted by molar-refractivity contribution is -0.0456. The smallest absolute Gasteiger partial charge is 0.469 e. The third-order valence-corrected chi connectivity index (χ3v) is 4.29. The van der Waals surface area contributed by atoms with Gasteiger partial charge in [0.05, 0.1) is 11.2 Å². The fourth-order valence-electron chi connectivity index (χ4n) is 1.93. The number of aromatic nitrogens is 1. The molecule has 23 heavy (non-hydrogen) atoms. The summed E-state index contributed by atoms with van der Waals surface area (Å²) in [5, 5.41) is 0. The topological polar surface area (TPSA) is 40.6 Å². The summed E-state index contributed by atoms with van der Waals surface area (Å²) in [6.45, 7) is 7.92. The predicted octanol–water partition coefficient (Wildman–Crippen LogP) is 2.94. The van der Waals surface area contributed by atoms with Crippen LogP contribution >= 0.6 is 0 Å². The van der Waals surface area contributed by atoms with E-state index >= 15 is 0 Å². The summed E-state index contributed by atoms with van der Waals surface area (Å²) in [6, 6.07) is 1.13. The highest BCUT2D eigenvalue weighted by Crippen LogP contribution is 2.36. The van der Waals surface area contributed by atoms with Crippen LogP contribution in [0, 0.1) is 5.82 Å². The normalized spacial score (nSPS) is 19.9. The number of alkyl halides is 2. The standard InChI is InChI=1S/C15H21BF3NO3/c1-6-15(18,19)9-21-12-11(17)7-10(8-20-12)16-22-13(2,3)14(4,5)23-16/h7-8H,6,9H2,1-5H3. The molecular weight excluding hydrogens is 310 g/mol. The number of hydrogen-bond acceptors (Lipinski definition) is 4. The molecule has 8 heteroatoms. The van der Waals surface area contributed by atoms with E-state index in [0.29, 0.717) is 5.46 Å². The van der Waals surface area contributed by atoms with Gasteiger partial charge >= 0.3 is 7.12 Å². The quantitative estimate of drug-likeness (QED) is 0.778. The second-order valence-corrected chi connectivity index (χ2v) is 6.64. The maximum Gasteiger partial charge on any atom is 0.496 e. The van der Waals surface area contributed by atoms with Gasteiger partial charge in [-0.05, 0) is 33.8 Å². The summed E-state index contributed by atoms with van der Waals surface area (Å²) in [6.07, 6.45) is 0.922. The summed E-state index contributed by atoms with van der Waals surface area (Å²) in [5.74, 6) is -4.30. The number of rotatable bonds is 5. The van der Waals surface area contributed by atoms with E-state index < -0.39 is 42.5 Å². The SMILES string of the molecule is CCC(F)(F)COc1ncc(B2OC(C)(C)C(C)(C)O2)cc1F. The maximum atomic E-state index is 14.0. The van der Waals surface area contributed by atoms with Crippen LogP contribution < -0.4 is 10.2 Å². The van der Waals surface area contributed by atoms with Crippen LogP contribution in [0.25, 0.3) is 0 Å². The molecule has 1 fully saturated rings.